The molecule has 0 spiro atoms. The van der Waals surface area contributed by atoms with Crippen molar-refractivity contribution in [2.45, 2.75) is 83.7 Å². The van der Waals surface area contributed by atoms with Gasteiger partial charge in [-0.2, -0.15) is 0 Å². The van der Waals surface area contributed by atoms with Crippen LogP contribution in [0.4, 0.5) is 0 Å². The van der Waals surface area contributed by atoms with Crippen LogP contribution >= 0.6 is 0 Å². The maximum absolute atomic E-state index is 6.56. The molecule has 4 heteroatoms. The second-order valence-electron chi connectivity index (χ2n) is 7.23. The first-order valence-electron chi connectivity index (χ1n) is 7.79. The van der Waals surface area contributed by atoms with E-state index in [1.807, 2.05) is 7.11 Å². The van der Waals surface area contributed by atoms with Gasteiger partial charge in [0.1, 0.15) is 0 Å². The van der Waals surface area contributed by atoms with Crippen LogP contribution in [-0.4, -0.2) is 30.4 Å². The van der Waals surface area contributed by atoms with E-state index in [4.69, 9.17) is 8.85 Å². The summed E-state index contributed by atoms with van der Waals surface area (Å²) in [6.45, 7) is 19.6. The van der Waals surface area contributed by atoms with E-state index < -0.39 is 16.6 Å². The van der Waals surface area contributed by atoms with Crippen molar-refractivity contribution in [2.75, 3.05) is 13.7 Å². The molecule has 0 aliphatic rings. The summed E-state index contributed by atoms with van der Waals surface area (Å²) in [6.07, 6.45) is 1.15. The fourth-order valence-electron chi connectivity index (χ4n) is 3.35. The van der Waals surface area contributed by atoms with Crippen molar-refractivity contribution in [1.82, 2.24) is 0 Å². The van der Waals surface area contributed by atoms with Crippen LogP contribution in [0.3, 0.4) is 0 Å². The largest absolute Gasteiger partial charge is 0.420 e. The molecule has 0 rings (SSSR count). The highest BCUT2D eigenvalue weighted by molar-refractivity contribution is 6.77. The van der Waals surface area contributed by atoms with Crippen LogP contribution in [0.2, 0.25) is 35.8 Å². The van der Waals surface area contributed by atoms with E-state index >= 15 is 0 Å². The maximum Gasteiger partial charge on any atom is 0.200 e. The van der Waals surface area contributed by atoms with Gasteiger partial charge in [-0.1, -0.05) is 41.5 Å². The third-order valence-electron chi connectivity index (χ3n) is 4.53. The van der Waals surface area contributed by atoms with Gasteiger partial charge in [-0.25, -0.2) is 0 Å². The van der Waals surface area contributed by atoms with Gasteiger partial charge in [-0.15, -0.1) is 0 Å². The van der Waals surface area contributed by atoms with Gasteiger partial charge in [0, 0.05) is 13.7 Å². The molecule has 0 aliphatic carbocycles. The molecule has 0 N–H and O–H groups in total. The van der Waals surface area contributed by atoms with Crippen LogP contribution in [0.25, 0.3) is 0 Å². The number of hydrogen-bond donors (Lipinski definition) is 0. The van der Waals surface area contributed by atoms with E-state index in [0.717, 1.165) is 13.0 Å². The van der Waals surface area contributed by atoms with E-state index in [-0.39, 0.29) is 0 Å². The second kappa shape index (κ2) is 7.96. The van der Waals surface area contributed by atoms with E-state index in [2.05, 4.69) is 54.6 Å². The first-order valence-corrected chi connectivity index (χ1v) is 13.0. The average molecular weight is 305 g/mol. The minimum Gasteiger partial charge on any atom is -0.420 e. The topological polar surface area (TPSA) is 18.5 Å². The van der Waals surface area contributed by atoms with Gasteiger partial charge in [0.25, 0.3) is 0 Å². The summed E-state index contributed by atoms with van der Waals surface area (Å²) in [5.74, 6) is 0. The molecule has 0 aromatic heterocycles. The van der Waals surface area contributed by atoms with Crippen LogP contribution in [0.15, 0.2) is 0 Å². The predicted octanol–water partition coefficient (Wildman–Crippen LogP) is 5.42. The predicted molar refractivity (Wildman–Crippen MR) is 90.9 cm³/mol. The van der Waals surface area contributed by atoms with Crippen molar-refractivity contribution in [3.63, 3.8) is 0 Å². The highest BCUT2D eigenvalue weighted by Gasteiger charge is 2.44. The van der Waals surface area contributed by atoms with Crippen molar-refractivity contribution in [3.8, 4) is 0 Å². The normalized spacial score (nSPS) is 13.9. The Morgan fingerprint density at radius 2 is 1.26 bits per heavy atom. The lowest BCUT2D eigenvalue weighted by Crippen LogP contribution is -2.48. The lowest BCUT2D eigenvalue weighted by atomic mass is 10.5. The second-order valence-corrected chi connectivity index (χ2v) is 17.1. The van der Waals surface area contributed by atoms with Crippen LogP contribution in [0, 0.1) is 0 Å². The van der Waals surface area contributed by atoms with Crippen LogP contribution < -0.4 is 0 Å². The third kappa shape index (κ3) is 5.33. The first kappa shape index (κ1) is 19.4. The van der Waals surface area contributed by atoms with Gasteiger partial charge in [-0.3, -0.25) is 0 Å². The molecule has 19 heavy (non-hydrogen) atoms. The molecular formula is C15H36O2Si2. The lowest BCUT2D eigenvalue weighted by Gasteiger charge is -2.42. The molecule has 0 aromatic rings. The molecule has 0 radical (unpaired) electrons. The minimum absolute atomic E-state index is 0.681. The molecule has 0 heterocycles. The fourth-order valence-corrected chi connectivity index (χ4v) is 10.0. The third-order valence-corrected chi connectivity index (χ3v) is 13.3. The summed E-state index contributed by atoms with van der Waals surface area (Å²) in [5.41, 5.74) is 2.04. The Labute approximate surface area is 123 Å². The highest BCUT2D eigenvalue weighted by atomic mass is 28.4. The summed E-state index contributed by atoms with van der Waals surface area (Å²) in [6, 6.07) is 1.20. The Morgan fingerprint density at radius 3 is 1.58 bits per heavy atom. The molecule has 0 aliphatic heterocycles. The van der Waals surface area contributed by atoms with Crippen molar-refractivity contribution in [1.29, 1.82) is 0 Å². The summed E-state index contributed by atoms with van der Waals surface area (Å²) in [4.78, 5) is 0. The van der Waals surface area contributed by atoms with E-state index in [9.17, 15) is 0 Å². The molecule has 0 aromatic carbocycles. The van der Waals surface area contributed by atoms with Crippen LogP contribution in [-0.2, 0) is 8.85 Å². The zero-order valence-electron chi connectivity index (χ0n) is 14.7. The SMILES string of the molecule is CO[Si](C)(C)CCCO[Si](C(C)C)(C(C)C)C(C)C. The molecule has 0 amide bonds. The molecule has 0 bridgehead atoms. The minimum atomic E-state index is -1.66. The first-order chi connectivity index (χ1) is 8.60. The van der Waals surface area contributed by atoms with Gasteiger partial charge in [0.05, 0.1) is 0 Å². The Hall–Kier alpha value is 0.354. The summed E-state index contributed by atoms with van der Waals surface area (Å²) < 4.78 is 12.2. The van der Waals surface area contributed by atoms with Crippen molar-refractivity contribution in [3.05, 3.63) is 0 Å². The van der Waals surface area contributed by atoms with Gasteiger partial charge >= 0.3 is 0 Å². The Morgan fingerprint density at radius 1 is 0.842 bits per heavy atom. The molecule has 0 unspecified atom stereocenters. The van der Waals surface area contributed by atoms with Crippen molar-refractivity contribution < 1.29 is 8.85 Å². The van der Waals surface area contributed by atoms with E-state index in [1.54, 1.807) is 0 Å². The molecule has 2 nitrogen and oxygen atoms in total. The zero-order chi connectivity index (χ0) is 15.3. The van der Waals surface area contributed by atoms with Crippen molar-refractivity contribution in [2.24, 2.45) is 0 Å². The average Bonchev–Trinajstić information content (AvgIpc) is 2.27. The van der Waals surface area contributed by atoms with Crippen LogP contribution in [0.5, 0.6) is 0 Å². The molecule has 0 saturated heterocycles. The zero-order valence-corrected chi connectivity index (χ0v) is 16.7. The maximum atomic E-state index is 6.56. The highest BCUT2D eigenvalue weighted by Crippen LogP contribution is 2.42. The quantitative estimate of drug-likeness (QED) is 0.418. The Kier molecular flexibility index (Phi) is 8.11. The van der Waals surface area contributed by atoms with Gasteiger partial charge in [0.2, 0.25) is 0 Å². The lowest BCUT2D eigenvalue weighted by molar-refractivity contribution is 0.274. The van der Waals surface area contributed by atoms with Crippen molar-refractivity contribution >= 4 is 16.6 Å². The molecule has 0 saturated carbocycles. The van der Waals surface area contributed by atoms with Gasteiger partial charge < -0.3 is 8.85 Å². The van der Waals surface area contributed by atoms with Gasteiger partial charge in [-0.05, 0) is 42.2 Å². The smallest absolute Gasteiger partial charge is 0.200 e. The Balaban J connectivity index is 4.53. The Bertz CT molecular complexity index is 229. The molecule has 116 valence electrons. The summed E-state index contributed by atoms with van der Waals surface area (Å²) in [7, 11) is -1.23. The van der Waals surface area contributed by atoms with Crippen LogP contribution in [0.1, 0.15) is 48.0 Å². The molecular weight excluding hydrogens is 268 g/mol. The fraction of sp³-hybridized carbons (Fsp3) is 1.00. The van der Waals surface area contributed by atoms with E-state index in [1.165, 1.54) is 6.04 Å². The number of rotatable bonds is 9. The van der Waals surface area contributed by atoms with E-state index in [0.29, 0.717) is 16.6 Å². The summed E-state index contributed by atoms with van der Waals surface area (Å²) in [5, 5.41) is 0. The molecule has 0 atom stereocenters. The monoisotopic (exact) mass is 304 g/mol. The molecule has 0 fully saturated rings. The number of hydrogen-bond acceptors (Lipinski definition) is 2. The summed E-state index contributed by atoms with van der Waals surface area (Å²) >= 11 is 0. The van der Waals surface area contributed by atoms with Gasteiger partial charge in [0.15, 0.2) is 16.6 Å². The standard InChI is InChI=1S/C15H36O2Si2/c1-13(2)19(14(3)4,15(5)6)17-11-10-12-18(8,9)16-7/h13-15H,10-12H2,1-9H3.